The summed E-state index contributed by atoms with van der Waals surface area (Å²) in [6, 6.07) is 40.6. The topological polar surface area (TPSA) is 247 Å². The maximum Gasteiger partial charge on any atom is 0.432 e. The van der Waals surface area contributed by atoms with Gasteiger partial charge in [0.2, 0.25) is 12.3 Å². The van der Waals surface area contributed by atoms with Crippen molar-refractivity contribution in [3.63, 3.8) is 0 Å². The van der Waals surface area contributed by atoms with E-state index >= 15 is 0 Å². The summed E-state index contributed by atoms with van der Waals surface area (Å²) >= 11 is 0. The highest BCUT2D eigenvalue weighted by Gasteiger charge is 2.35. The normalized spacial score (nSPS) is 12.1. The third kappa shape index (κ3) is 18.5. The first-order valence-corrected chi connectivity index (χ1v) is 26.3. The standard InChI is InChI=1S/C61H67N5O14/c1-5-7-12-29-47(50(6-2)66(41-67)80-60(74)65-61(3,4)46-27-19-11-20-28-46)56(70)62-40-63-58(72)52-33-32-51(79-52)45-30-31-48(53(34-45)75-39-55(69)77-37-43-23-15-9-16-24-43)57(71)64-49(59(73)78-38-44-25-17-10-18-26-44)35-54(68)76-36-42-21-13-8-14-22-42/h8-11,13-28,30-34,41,47,49-50H,5-7,12,29,35-40H2,1-4H3,(H,62,70)(H,63,72)(H,64,71)(H,65,74). The summed E-state index contributed by atoms with van der Waals surface area (Å²) in [5.41, 5.74) is 2.20. The number of unbranched alkanes of at least 4 members (excludes halogenated alkanes) is 2. The molecule has 3 unspecified atom stereocenters. The van der Waals surface area contributed by atoms with Gasteiger partial charge in [-0.05, 0) is 73.2 Å². The molecule has 0 saturated carbocycles. The number of hydroxylamine groups is 2. The van der Waals surface area contributed by atoms with Gasteiger partial charge in [-0.3, -0.25) is 24.0 Å². The van der Waals surface area contributed by atoms with E-state index in [1.54, 1.807) is 99.6 Å². The average molecular weight is 1090 g/mol. The van der Waals surface area contributed by atoms with E-state index in [1.807, 2.05) is 49.4 Å². The van der Waals surface area contributed by atoms with Gasteiger partial charge in [-0.1, -0.05) is 161 Å². The molecule has 0 saturated heterocycles. The van der Waals surface area contributed by atoms with Crippen LogP contribution in [0.1, 0.15) is 109 Å². The number of nitrogens with zero attached hydrogens (tertiary/aromatic N) is 1. The third-order valence-corrected chi connectivity index (χ3v) is 12.7. The fourth-order valence-corrected chi connectivity index (χ4v) is 8.39. The Morgan fingerprint density at radius 1 is 0.662 bits per heavy atom. The second kappa shape index (κ2) is 30.6. The molecule has 0 aliphatic heterocycles. The lowest BCUT2D eigenvalue weighted by Gasteiger charge is -2.33. The van der Waals surface area contributed by atoms with Crippen molar-refractivity contribution in [2.75, 3.05) is 13.3 Å². The summed E-state index contributed by atoms with van der Waals surface area (Å²) in [4.78, 5) is 112. The molecule has 1 aromatic heterocycles. The van der Waals surface area contributed by atoms with Crippen LogP contribution in [-0.2, 0) is 68.4 Å². The summed E-state index contributed by atoms with van der Waals surface area (Å²) in [6.45, 7) is 6.09. The molecule has 0 aliphatic carbocycles. The van der Waals surface area contributed by atoms with Gasteiger partial charge in [0.25, 0.3) is 11.8 Å². The van der Waals surface area contributed by atoms with Crippen LogP contribution < -0.4 is 26.0 Å². The van der Waals surface area contributed by atoms with Crippen molar-refractivity contribution in [3.05, 3.63) is 185 Å². The van der Waals surface area contributed by atoms with Gasteiger partial charge in [-0.15, -0.1) is 0 Å². The van der Waals surface area contributed by atoms with Crippen LogP contribution in [0.4, 0.5) is 4.79 Å². The fraction of sp³-hybridized carbons (Fsp3) is 0.311. The molecular formula is C61H67N5O14. The highest BCUT2D eigenvalue weighted by molar-refractivity contribution is 6.00. The second-order valence-corrected chi connectivity index (χ2v) is 19.0. The van der Waals surface area contributed by atoms with E-state index in [4.69, 9.17) is 28.2 Å². The molecule has 1 heterocycles. The zero-order valence-electron chi connectivity index (χ0n) is 45.2. The number of furan rings is 1. The number of carbonyl (C=O) groups excluding carboxylic acids is 8. The largest absolute Gasteiger partial charge is 0.481 e. The Morgan fingerprint density at radius 3 is 1.84 bits per heavy atom. The minimum atomic E-state index is -1.52. The van der Waals surface area contributed by atoms with Gasteiger partial charge in [0, 0.05) is 5.56 Å². The molecule has 0 bridgehead atoms. The predicted octanol–water partition coefficient (Wildman–Crippen LogP) is 8.86. The summed E-state index contributed by atoms with van der Waals surface area (Å²) in [6.07, 6.45) is 1.81. The van der Waals surface area contributed by atoms with Crippen LogP contribution in [0.5, 0.6) is 5.75 Å². The van der Waals surface area contributed by atoms with E-state index in [-0.39, 0.29) is 55.7 Å². The van der Waals surface area contributed by atoms with Crippen molar-refractivity contribution in [3.8, 4) is 17.1 Å². The van der Waals surface area contributed by atoms with Crippen LogP contribution in [0.3, 0.4) is 0 Å². The maximum absolute atomic E-state index is 14.2. The van der Waals surface area contributed by atoms with Crippen LogP contribution in [-0.4, -0.2) is 78.6 Å². The Labute approximate surface area is 464 Å². The lowest BCUT2D eigenvalue weighted by atomic mass is 9.90. The van der Waals surface area contributed by atoms with Crippen LogP contribution in [0.25, 0.3) is 11.3 Å². The van der Waals surface area contributed by atoms with Crippen molar-refractivity contribution in [1.29, 1.82) is 0 Å². The van der Waals surface area contributed by atoms with Crippen molar-refractivity contribution >= 4 is 48.1 Å². The van der Waals surface area contributed by atoms with Crippen LogP contribution in [0.2, 0.25) is 0 Å². The van der Waals surface area contributed by atoms with Gasteiger partial charge >= 0.3 is 24.0 Å². The molecule has 5 aromatic carbocycles. The number of rotatable bonds is 30. The number of benzene rings is 5. The molecule has 19 heteroatoms. The first-order chi connectivity index (χ1) is 38.7. The number of hydrogen-bond acceptors (Lipinski definition) is 14. The van der Waals surface area contributed by atoms with Gasteiger partial charge in [-0.25, -0.2) is 14.4 Å². The van der Waals surface area contributed by atoms with E-state index in [0.717, 1.165) is 29.0 Å². The second-order valence-electron chi connectivity index (χ2n) is 19.0. The zero-order valence-corrected chi connectivity index (χ0v) is 45.2. The fourth-order valence-electron chi connectivity index (χ4n) is 8.39. The third-order valence-electron chi connectivity index (χ3n) is 12.7. The lowest BCUT2D eigenvalue weighted by Crippen LogP contribution is -2.51. The number of carbonyl (C=O) groups is 8. The number of nitrogens with one attached hydrogen (secondary N) is 4. The summed E-state index contributed by atoms with van der Waals surface area (Å²) < 4.78 is 28.2. The molecular weight excluding hydrogens is 1030 g/mol. The molecule has 5 amide bonds. The van der Waals surface area contributed by atoms with E-state index in [9.17, 15) is 38.4 Å². The molecule has 420 valence electrons. The first-order valence-electron chi connectivity index (χ1n) is 26.3. The van der Waals surface area contributed by atoms with E-state index in [0.29, 0.717) is 35.9 Å². The van der Waals surface area contributed by atoms with E-state index in [2.05, 4.69) is 21.3 Å². The summed E-state index contributed by atoms with van der Waals surface area (Å²) in [5, 5.41) is 11.6. The van der Waals surface area contributed by atoms with Gasteiger partial charge in [0.15, 0.2) is 12.4 Å². The predicted molar refractivity (Wildman–Crippen MR) is 293 cm³/mol. The van der Waals surface area contributed by atoms with Gasteiger partial charge < -0.3 is 49.5 Å². The molecule has 80 heavy (non-hydrogen) atoms. The Bertz CT molecular complexity index is 2990. The smallest absolute Gasteiger partial charge is 0.432 e. The Morgan fingerprint density at radius 2 is 1.25 bits per heavy atom. The van der Waals surface area contributed by atoms with Crippen molar-refractivity contribution in [1.82, 2.24) is 26.3 Å². The average Bonchev–Trinajstić information content (AvgIpc) is 3.98. The first kappa shape index (κ1) is 60.0. The van der Waals surface area contributed by atoms with Crippen molar-refractivity contribution in [2.24, 2.45) is 5.92 Å². The SMILES string of the molecule is CCCCCC(C(=O)NCNC(=O)c1ccc(-c2ccc(C(=O)NC(CC(=O)OCc3ccccc3)C(=O)OCc3ccccc3)c(OCC(=O)OCc3ccccc3)c2)o1)C(CC)N(C=O)OC(=O)NC(C)(C)c1ccccc1. The Balaban J connectivity index is 1.15. The van der Waals surface area contributed by atoms with Crippen LogP contribution in [0, 0.1) is 5.92 Å². The zero-order chi connectivity index (χ0) is 57.3. The van der Waals surface area contributed by atoms with E-state index < -0.39 is 78.3 Å². The monoisotopic (exact) mass is 1090 g/mol. The highest BCUT2D eigenvalue weighted by atomic mass is 16.7. The summed E-state index contributed by atoms with van der Waals surface area (Å²) in [5.74, 6) is -5.55. The molecule has 3 atom stereocenters. The number of amides is 5. The Hall–Kier alpha value is -9.26. The van der Waals surface area contributed by atoms with Crippen molar-refractivity contribution in [2.45, 2.75) is 104 Å². The van der Waals surface area contributed by atoms with Crippen molar-refractivity contribution < 1.29 is 66.6 Å². The van der Waals surface area contributed by atoms with Gasteiger partial charge in [0.1, 0.15) is 37.4 Å². The van der Waals surface area contributed by atoms with E-state index in [1.165, 1.54) is 30.3 Å². The van der Waals surface area contributed by atoms with Gasteiger partial charge in [-0.2, -0.15) is 5.06 Å². The number of hydrogen-bond donors (Lipinski definition) is 4. The van der Waals surface area contributed by atoms with Crippen LogP contribution in [0.15, 0.2) is 156 Å². The molecule has 19 nitrogen and oxygen atoms in total. The van der Waals surface area contributed by atoms with Gasteiger partial charge in [0.05, 0.1) is 36.2 Å². The quantitative estimate of drug-likeness (QED) is 0.00822. The minimum absolute atomic E-state index is 0.0499. The molecule has 4 N–H and O–H groups in total. The molecule has 6 aromatic rings. The number of esters is 3. The molecule has 0 radical (unpaired) electrons. The lowest BCUT2D eigenvalue weighted by molar-refractivity contribution is -0.169. The Kier molecular flexibility index (Phi) is 23.0. The maximum atomic E-state index is 14.2. The molecule has 0 aliphatic rings. The molecule has 0 spiro atoms. The highest BCUT2D eigenvalue weighted by Crippen LogP contribution is 2.30. The molecule has 0 fully saturated rings. The number of ether oxygens (including phenoxy) is 4. The molecule has 6 rings (SSSR count). The minimum Gasteiger partial charge on any atom is -0.481 e. The van der Waals surface area contributed by atoms with Crippen LogP contribution >= 0.6 is 0 Å². The summed E-state index contributed by atoms with van der Waals surface area (Å²) in [7, 11) is 0.